The van der Waals surface area contributed by atoms with Gasteiger partial charge in [-0.3, -0.25) is 0 Å². The molecule has 82 valence electrons. The van der Waals surface area contributed by atoms with E-state index in [1.165, 1.54) is 18.3 Å². The van der Waals surface area contributed by atoms with E-state index in [1.807, 2.05) is 0 Å². The van der Waals surface area contributed by atoms with Crippen LogP contribution in [0.1, 0.15) is 0 Å². The molecule has 0 saturated heterocycles. The number of hydrogen-bond acceptors (Lipinski definition) is 2. The highest BCUT2D eigenvalue weighted by atomic mass is 35.5. The molecule has 0 saturated carbocycles. The van der Waals surface area contributed by atoms with E-state index in [-0.39, 0.29) is 5.15 Å². The SMILES string of the molecule is O=C(NCCCl)Nc1cc[n+]([O-])c(Cl)c1. The number of carbonyl (C=O) groups is 1. The number of nitrogens with zero attached hydrogens (tertiary/aromatic N) is 1. The van der Waals surface area contributed by atoms with Crippen molar-refractivity contribution in [3.05, 3.63) is 28.7 Å². The highest BCUT2D eigenvalue weighted by Gasteiger charge is 2.05. The molecule has 0 atom stereocenters. The monoisotopic (exact) mass is 249 g/mol. The molecule has 15 heavy (non-hydrogen) atoms. The van der Waals surface area contributed by atoms with Gasteiger partial charge in [-0.25, -0.2) is 4.79 Å². The summed E-state index contributed by atoms with van der Waals surface area (Å²) in [6, 6.07) is 2.41. The predicted octanol–water partition coefficient (Wildman–Crippen LogP) is 1.33. The maximum Gasteiger partial charge on any atom is 0.319 e. The first kappa shape index (κ1) is 11.9. The van der Waals surface area contributed by atoms with E-state index >= 15 is 0 Å². The van der Waals surface area contributed by atoms with Crippen molar-refractivity contribution >= 4 is 34.9 Å². The number of anilines is 1. The van der Waals surface area contributed by atoms with E-state index < -0.39 is 6.03 Å². The topological polar surface area (TPSA) is 68.1 Å². The van der Waals surface area contributed by atoms with Gasteiger partial charge in [-0.05, 0) is 11.6 Å². The number of nitrogens with one attached hydrogen (secondary N) is 2. The lowest BCUT2D eigenvalue weighted by Crippen LogP contribution is -2.31. The standard InChI is InChI=1S/C8H9Cl2N3O2/c9-2-3-11-8(14)12-6-1-4-13(15)7(10)5-6/h1,4-5H,2-3H2,(H2,11,12,14). The summed E-state index contributed by atoms with van der Waals surface area (Å²) in [5, 5.41) is 15.9. The number of hydrogen-bond donors (Lipinski definition) is 2. The second-order valence-electron chi connectivity index (χ2n) is 2.63. The van der Waals surface area contributed by atoms with Crippen LogP contribution in [-0.2, 0) is 0 Å². The second-order valence-corrected chi connectivity index (χ2v) is 3.40. The van der Waals surface area contributed by atoms with Crippen LogP contribution in [0.5, 0.6) is 0 Å². The number of halogens is 2. The molecule has 2 N–H and O–H groups in total. The predicted molar refractivity (Wildman–Crippen MR) is 58.2 cm³/mol. The normalized spacial score (nSPS) is 9.73. The van der Waals surface area contributed by atoms with Crippen molar-refractivity contribution in [1.82, 2.24) is 5.32 Å². The summed E-state index contributed by atoms with van der Waals surface area (Å²) in [7, 11) is 0. The van der Waals surface area contributed by atoms with E-state index in [0.29, 0.717) is 22.8 Å². The van der Waals surface area contributed by atoms with Gasteiger partial charge in [0.05, 0.1) is 5.69 Å². The molecular formula is C8H9Cl2N3O2. The van der Waals surface area contributed by atoms with Crippen LogP contribution in [0.15, 0.2) is 18.3 Å². The van der Waals surface area contributed by atoms with Crippen LogP contribution < -0.4 is 15.4 Å². The van der Waals surface area contributed by atoms with Crippen molar-refractivity contribution in [2.45, 2.75) is 0 Å². The molecule has 1 aromatic rings. The second kappa shape index (κ2) is 5.63. The van der Waals surface area contributed by atoms with Gasteiger partial charge in [0, 0.05) is 24.6 Å². The van der Waals surface area contributed by atoms with Gasteiger partial charge in [0.15, 0.2) is 6.20 Å². The first-order valence-electron chi connectivity index (χ1n) is 4.13. The fourth-order valence-corrected chi connectivity index (χ4v) is 1.14. The van der Waals surface area contributed by atoms with E-state index in [2.05, 4.69) is 10.6 Å². The van der Waals surface area contributed by atoms with E-state index in [0.717, 1.165) is 0 Å². The molecular weight excluding hydrogens is 241 g/mol. The van der Waals surface area contributed by atoms with Gasteiger partial charge in [0.2, 0.25) is 0 Å². The maximum absolute atomic E-state index is 11.2. The molecule has 0 aromatic carbocycles. The lowest BCUT2D eigenvalue weighted by atomic mass is 10.4. The van der Waals surface area contributed by atoms with Crippen LogP contribution in [0.25, 0.3) is 0 Å². The lowest BCUT2D eigenvalue weighted by molar-refractivity contribution is -0.602. The quantitative estimate of drug-likeness (QED) is 0.368. The van der Waals surface area contributed by atoms with Gasteiger partial charge in [-0.2, -0.15) is 4.73 Å². The molecule has 0 radical (unpaired) electrons. The lowest BCUT2D eigenvalue weighted by Gasteiger charge is -2.06. The van der Waals surface area contributed by atoms with Crippen molar-refractivity contribution in [3.63, 3.8) is 0 Å². The summed E-state index contributed by atoms with van der Waals surface area (Å²) in [5.74, 6) is 0.337. The van der Waals surface area contributed by atoms with Gasteiger partial charge >= 0.3 is 6.03 Å². The van der Waals surface area contributed by atoms with Crippen LogP contribution >= 0.6 is 23.2 Å². The third kappa shape index (κ3) is 3.81. The Labute approximate surface area is 96.6 Å². The van der Waals surface area contributed by atoms with Crippen LogP contribution in [0.2, 0.25) is 5.15 Å². The summed E-state index contributed by atoms with van der Waals surface area (Å²) in [5.41, 5.74) is 0.444. The van der Waals surface area contributed by atoms with Crippen LogP contribution in [0.3, 0.4) is 0 Å². The van der Waals surface area contributed by atoms with E-state index in [4.69, 9.17) is 23.2 Å². The summed E-state index contributed by atoms with van der Waals surface area (Å²) >= 11 is 10.9. The molecule has 1 rings (SSSR count). The Balaban J connectivity index is 2.57. The Kier molecular flexibility index (Phi) is 4.45. The van der Waals surface area contributed by atoms with Crippen molar-refractivity contribution < 1.29 is 9.52 Å². The average Bonchev–Trinajstić information content (AvgIpc) is 2.20. The van der Waals surface area contributed by atoms with Crippen LogP contribution in [0.4, 0.5) is 10.5 Å². The molecule has 0 aliphatic rings. The minimum absolute atomic E-state index is 0.00913. The number of urea groups is 1. The Hall–Kier alpha value is -1.20. The first-order chi connectivity index (χ1) is 7.13. The van der Waals surface area contributed by atoms with Gasteiger partial charge in [0.1, 0.15) is 0 Å². The fraction of sp³-hybridized carbons (Fsp3) is 0.250. The molecule has 0 spiro atoms. The van der Waals surface area contributed by atoms with Gasteiger partial charge in [0.25, 0.3) is 5.15 Å². The smallest absolute Gasteiger partial charge is 0.319 e. The van der Waals surface area contributed by atoms with E-state index in [1.54, 1.807) is 0 Å². The Bertz CT molecular complexity index is 360. The number of aromatic nitrogens is 1. The molecule has 2 amide bonds. The number of pyridine rings is 1. The molecule has 0 aliphatic carbocycles. The zero-order valence-electron chi connectivity index (χ0n) is 7.67. The minimum Gasteiger partial charge on any atom is -0.618 e. The molecule has 7 heteroatoms. The third-order valence-corrected chi connectivity index (χ3v) is 1.98. The van der Waals surface area contributed by atoms with Crippen molar-refractivity contribution in [2.75, 3.05) is 17.7 Å². The first-order valence-corrected chi connectivity index (χ1v) is 5.04. The van der Waals surface area contributed by atoms with Crippen molar-refractivity contribution in [1.29, 1.82) is 0 Å². The minimum atomic E-state index is -0.393. The molecule has 0 bridgehead atoms. The molecule has 0 unspecified atom stereocenters. The van der Waals surface area contributed by atoms with Gasteiger partial charge in [-0.15, -0.1) is 11.6 Å². The highest BCUT2D eigenvalue weighted by molar-refractivity contribution is 6.28. The van der Waals surface area contributed by atoms with Crippen LogP contribution in [0, 0.1) is 5.21 Å². The fourth-order valence-electron chi connectivity index (χ4n) is 0.873. The largest absolute Gasteiger partial charge is 0.618 e. The Morgan fingerprint density at radius 1 is 1.60 bits per heavy atom. The van der Waals surface area contributed by atoms with Gasteiger partial charge in [-0.1, -0.05) is 0 Å². The van der Waals surface area contributed by atoms with Crippen LogP contribution in [-0.4, -0.2) is 18.5 Å². The number of amides is 2. The molecule has 1 heterocycles. The van der Waals surface area contributed by atoms with Crippen molar-refractivity contribution in [2.24, 2.45) is 0 Å². The zero-order chi connectivity index (χ0) is 11.3. The average molecular weight is 250 g/mol. The van der Waals surface area contributed by atoms with E-state index in [9.17, 15) is 10.0 Å². The summed E-state index contributed by atoms with van der Waals surface area (Å²) in [4.78, 5) is 11.2. The summed E-state index contributed by atoms with van der Waals surface area (Å²) < 4.78 is 0.489. The Morgan fingerprint density at radius 2 is 2.33 bits per heavy atom. The number of alkyl halides is 1. The zero-order valence-corrected chi connectivity index (χ0v) is 9.18. The highest BCUT2D eigenvalue weighted by Crippen LogP contribution is 2.09. The molecule has 5 nitrogen and oxygen atoms in total. The maximum atomic E-state index is 11.2. The third-order valence-electron chi connectivity index (χ3n) is 1.51. The molecule has 0 aliphatic heterocycles. The number of carbonyl (C=O) groups excluding carboxylic acids is 1. The molecule has 0 fully saturated rings. The summed E-state index contributed by atoms with van der Waals surface area (Å²) in [6.45, 7) is 0.371. The van der Waals surface area contributed by atoms with Crippen molar-refractivity contribution in [3.8, 4) is 0 Å². The Morgan fingerprint density at radius 3 is 2.93 bits per heavy atom. The summed E-state index contributed by atoms with van der Waals surface area (Å²) in [6.07, 6.45) is 1.21. The number of rotatable bonds is 3. The molecule has 1 aromatic heterocycles. The van der Waals surface area contributed by atoms with Gasteiger partial charge < -0.3 is 15.8 Å².